The lowest BCUT2D eigenvalue weighted by Gasteiger charge is -2.31. The molecule has 1 aromatic rings. The van der Waals surface area contributed by atoms with E-state index in [-0.39, 0.29) is 11.9 Å². The van der Waals surface area contributed by atoms with Crippen molar-refractivity contribution in [1.29, 1.82) is 0 Å². The number of ether oxygens (including phenoxy) is 1. The van der Waals surface area contributed by atoms with Crippen molar-refractivity contribution < 1.29 is 22.8 Å². The van der Waals surface area contributed by atoms with E-state index in [9.17, 15) is 23.3 Å². The fraction of sp³-hybridized carbons (Fsp3) is 0.455. The van der Waals surface area contributed by atoms with Gasteiger partial charge in [-0.05, 0) is 25.0 Å². The molecule has 0 heterocycles. The number of rotatable bonds is 3. The summed E-state index contributed by atoms with van der Waals surface area (Å²) in [6, 6.07) is 2.29. The summed E-state index contributed by atoms with van der Waals surface area (Å²) in [5.41, 5.74) is -1.72. The molecule has 1 aliphatic rings. The van der Waals surface area contributed by atoms with Gasteiger partial charge in [0.15, 0.2) is 5.75 Å². The zero-order valence-corrected chi connectivity index (χ0v) is 11.1. The maximum Gasteiger partial charge on any atom is 0.416 e. The number of benzene rings is 1. The second-order valence-corrected chi connectivity index (χ2v) is 5.54. The minimum atomic E-state index is -4.61. The first kappa shape index (κ1) is 14.1. The molecule has 0 aliphatic heterocycles. The van der Waals surface area contributed by atoms with Gasteiger partial charge >= 0.3 is 11.9 Å². The Balaban J connectivity index is 2.25. The van der Waals surface area contributed by atoms with Crippen molar-refractivity contribution in [2.45, 2.75) is 29.9 Å². The van der Waals surface area contributed by atoms with E-state index in [1.165, 1.54) is 0 Å². The van der Waals surface area contributed by atoms with Crippen LogP contribution in [0.1, 0.15) is 18.4 Å². The van der Waals surface area contributed by atoms with Gasteiger partial charge in [0, 0.05) is 10.9 Å². The Kier molecular flexibility index (Phi) is 3.71. The molecule has 19 heavy (non-hydrogen) atoms. The third kappa shape index (κ3) is 3.17. The van der Waals surface area contributed by atoms with Gasteiger partial charge in [-0.15, -0.1) is 0 Å². The first-order valence-electron chi connectivity index (χ1n) is 5.43. The third-order valence-electron chi connectivity index (χ3n) is 2.81. The zero-order valence-electron chi connectivity index (χ0n) is 9.48. The Labute approximate surface area is 114 Å². The van der Waals surface area contributed by atoms with Crippen LogP contribution in [0.4, 0.5) is 18.9 Å². The second-order valence-electron chi connectivity index (χ2n) is 4.25. The molecular weight excluding hydrogens is 331 g/mol. The van der Waals surface area contributed by atoms with Gasteiger partial charge in [-0.25, -0.2) is 0 Å². The molecule has 0 N–H and O–H groups in total. The van der Waals surface area contributed by atoms with Crippen molar-refractivity contribution in [2.75, 3.05) is 0 Å². The molecule has 0 bridgehead atoms. The van der Waals surface area contributed by atoms with Crippen LogP contribution in [0.15, 0.2) is 18.2 Å². The highest BCUT2D eigenvalue weighted by Crippen LogP contribution is 2.38. The molecule has 1 fully saturated rings. The molecular formula is C11H9BrF3NO3. The maximum absolute atomic E-state index is 12.5. The molecule has 0 atom stereocenters. The van der Waals surface area contributed by atoms with E-state index < -0.39 is 22.4 Å². The molecule has 104 valence electrons. The van der Waals surface area contributed by atoms with Gasteiger partial charge in [-0.2, -0.15) is 13.2 Å². The maximum atomic E-state index is 12.5. The smallest absolute Gasteiger partial charge is 0.416 e. The van der Waals surface area contributed by atoms with E-state index >= 15 is 0 Å². The summed E-state index contributed by atoms with van der Waals surface area (Å²) in [6.07, 6.45) is -3.45. The minimum Gasteiger partial charge on any atom is -0.483 e. The van der Waals surface area contributed by atoms with Crippen LogP contribution in [0.2, 0.25) is 0 Å². The van der Waals surface area contributed by atoms with Crippen LogP contribution in [-0.4, -0.2) is 15.9 Å². The number of halogens is 4. The van der Waals surface area contributed by atoms with Crippen LogP contribution in [-0.2, 0) is 6.18 Å². The van der Waals surface area contributed by atoms with E-state index in [1.807, 2.05) is 0 Å². The fourth-order valence-corrected chi connectivity index (χ4v) is 2.55. The van der Waals surface area contributed by atoms with Crippen LogP contribution in [0.25, 0.3) is 0 Å². The Morgan fingerprint density at radius 3 is 2.47 bits per heavy atom. The van der Waals surface area contributed by atoms with E-state index in [0.717, 1.165) is 12.1 Å². The molecule has 4 nitrogen and oxygen atoms in total. The summed E-state index contributed by atoms with van der Waals surface area (Å²) in [5.74, 6) is -0.123. The Bertz CT molecular complexity index is 500. The number of alkyl halides is 4. The van der Waals surface area contributed by atoms with Gasteiger partial charge < -0.3 is 4.74 Å². The molecule has 2 rings (SSSR count). The topological polar surface area (TPSA) is 52.4 Å². The Morgan fingerprint density at radius 2 is 2.00 bits per heavy atom. The van der Waals surface area contributed by atoms with Crippen molar-refractivity contribution in [2.24, 2.45) is 0 Å². The SMILES string of the molecule is O=[N+]([O-])c1cc(C(F)(F)F)ccc1OC1CC(Br)C1. The average Bonchev–Trinajstić information content (AvgIpc) is 2.25. The lowest BCUT2D eigenvalue weighted by Crippen LogP contribution is -2.34. The third-order valence-corrected chi connectivity index (χ3v) is 3.56. The van der Waals surface area contributed by atoms with E-state index in [4.69, 9.17) is 4.74 Å². The molecule has 1 aromatic carbocycles. The molecule has 0 radical (unpaired) electrons. The van der Waals surface area contributed by atoms with Crippen LogP contribution >= 0.6 is 15.9 Å². The average molecular weight is 340 g/mol. The Morgan fingerprint density at radius 1 is 1.37 bits per heavy atom. The summed E-state index contributed by atoms with van der Waals surface area (Å²) < 4.78 is 42.8. The summed E-state index contributed by atoms with van der Waals surface area (Å²) in [5, 5.41) is 10.8. The molecule has 0 spiro atoms. The largest absolute Gasteiger partial charge is 0.483 e. The van der Waals surface area contributed by atoms with Crippen molar-refractivity contribution >= 4 is 21.6 Å². The molecule has 0 aromatic heterocycles. The van der Waals surface area contributed by atoms with Gasteiger partial charge in [-0.1, -0.05) is 15.9 Å². The summed E-state index contributed by atoms with van der Waals surface area (Å²) in [6.45, 7) is 0. The highest BCUT2D eigenvalue weighted by molar-refractivity contribution is 9.09. The van der Waals surface area contributed by atoms with Crippen molar-refractivity contribution in [3.05, 3.63) is 33.9 Å². The molecule has 0 saturated heterocycles. The van der Waals surface area contributed by atoms with Gasteiger partial charge in [0.25, 0.3) is 0 Å². The van der Waals surface area contributed by atoms with Crippen LogP contribution in [0, 0.1) is 10.1 Å². The standard InChI is InChI=1S/C11H9BrF3NO3/c12-7-4-8(5-7)19-10-2-1-6(11(13,14)15)3-9(10)16(17)18/h1-3,7-8H,4-5H2. The van der Waals surface area contributed by atoms with Gasteiger partial charge in [0.05, 0.1) is 10.5 Å². The Hall–Kier alpha value is -1.31. The lowest BCUT2D eigenvalue weighted by atomic mass is 9.96. The summed E-state index contributed by atoms with van der Waals surface area (Å²) in [7, 11) is 0. The first-order chi connectivity index (χ1) is 8.77. The predicted octanol–water partition coefficient (Wildman–Crippen LogP) is 3.92. The zero-order chi connectivity index (χ0) is 14.2. The predicted molar refractivity (Wildman–Crippen MR) is 64.5 cm³/mol. The number of nitrogens with zero attached hydrogens (tertiary/aromatic N) is 1. The molecule has 1 saturated carbocycles. The van der Waals surface area contributed by atoms with E-state index in [2.05, 4.69) is 15.9 Å². The quantitative estimate of drug-likeness (QED) is 0.476. The lowest BCUT2D eigenvalue weighted by molar-refractivity contribution is -0.386. The normalized spacial score (nSPS) is 22.7. The number of nitro benzene ring substituents is 1. The fourth-order valence-electron chi connectivity index (χ4n) is 1.71. The van der Waals surface area contributed by atoms with E-state index in [1.54, 1.807) is 0 Å². The van der Waals surface area contributed by atoms with Crippen molar-refractivity contribution in [3.63, 3.8) is 0 Å². The van der Waals surface area contributed by atoms with Crippen molar-refractivity contribution in [1.82, 2.24) is 0 Å². The van der Waals surface area contributed by atoms with Crippen LogP contribution in [0.5, 0.6) is 5.75 Å². The van der Waals surface area contributed by atoms with Gasteiger partial charge in [0.2, 0.25) is 0 Å². The van der Waals surface area contributed by atoms with E-state index in [0.29, 0.717) is 23.7 Å². The molecule has 1 aliphatic carbocycles. The number of hydrogen-bond donors (Lipinski definition) is 0. The molecule has 0 unspecified atom stereocenters. The summed E-state index contributed by atoms with van der Waals surface area (Å²) >= 11 is 3.34. The van der Waals surface area contributed by atoms with Crippen molar-refractivity contribution in [3.8, 4) is 5.75 Å². The first-order valence-corrected chi connectivity index (χ1v) is 6.35. The monoisotopic (exact) mass is 339 g/mol. The summed E-state index contributed by atoms with van der Waals surface area (Å²) in [4.78, 5) is 10.2. The highest BCUT2D eigenvalue weighted by Gasteiger charge is 2.35. The minimum absolute atomic E-state index is 0.123. The van der Waals surface area contributed by atoms with Crippen LogP contribution in [0.3, 0.4) is 0 Å². The molecule has 0 amide bonds. The second kappa shape index (κ2) is 4.99. The molecule has 8 heteroatoms. The highest BCUT2D eigenvalue weighted by atomic mass is 79.9. The van der Waals surface area contributed by atoms with Crippen LogP contribution < -0.4 is 4.74 Å². The number of nitro groups is 1. The van der Waals surface area contributed by atoms with Gasteiger partial charge in [-0.3, -0.25) is 10.1 Å². The number of hydrogen-bond acceptors (Lipinski definition) is 3. The van der Waals surface area contributed by atoms with Gasteiger partial charge in [0.1, 0.15) is 6.10 Å².